The number of ether oxygens (including phenoxy) is 1. The fourth-order valence-electron chi connectivity index (χ4n) is 1.65. The molecule has 114 valence electrons. The second-order valence-electron chi connectivity index (χ2n) is 4.04. The maximum absolute atomic E-state index is 12.3. The zero-order valence-corrected chi connectivity index (χ0v) is 13.5. The van der Waals surface area contributed by atoms with E-state index < -0.39 is 6.36 Å². The van der Waals surface area contributed by atoms with Gasteiger partial charge < -0.3 is 9.72 Å². The van der Waals surface area contributed by atoms with Crippen molar-refractivity contribution in [3.05, 3.63) is 34.3 Å². The summed E-state index contributed by atoms with van der Waals surface area (Å²) in [5.74, 6) is -0.272. The first-order valence-electron chi connectivity index (χ1n) is 5.79. The summed E-state index contributed by atoms with van der Waals surface area (Å²) in [5.41, 5.74) is 1.15. The molecular weight excluding hydrogens is 432 g/mol. The maximum Gasteiger partial charge on any atom is 0.573 e. The van der Waals surface area contributed by atoms with Crippen molar-refractivity contribution in [3.8, 4) is 5.75 Å². The Bertz CT molecular complexity index is 790. The van der Waals surface area contributed by atoms with E-state index in [1.165, 1.54) is 30.2 Å². The van der Waals surface area contributed by atoms with E-state index in [2.05, 4.69) is 24.7 Å². The largest absolute Gasteiger partial charge is 0.573 e. The Balaban J connectivity index is 1.89. The summed E-state index contributed by atoms with van der Waals surface area (Å²) in [5, 5.41) is 0.512. The number of halogens is 4. The first-order chi connectivity index (χ1) is 10.4. The molecule has 0 amide bonds. The van der Waals surface area contributed by atoms with Gasteiger partial charge in [0.05, 0.1) is 6.20 Å². The van der Waals surface area contributed by atoms with Crippen LogP contribution in [0.1, 0.15) is 0 Å². The average molecular weight is 438 g/mol. The second kappa shape index (κ2) is 5.91. The van der Waals surface area contributed by atoms with Gasteiger partial charge >= 0.3 is 6.36 Å². The Labute approximate surface area is 139 Å². The third kappa shape index (κ3) is 3.61. The van der Waals surface area contributed by atoms with Crippen LogP contribution in [-0.4, -0.2) is 26.3 Å². The molecule has 0 aliphatic rings. The highest BCUT2D eigenvalue weighted by molar-refractivity contribution is 14.1. The number of imidazole rings is 1. The molecule has 0 saturated heterocycles. The van der Waals surface area contributed by atoms with E-state index in [9.17, 15) is 13.2 Å². The minimum atomic E-state index is -4.72. The standard InChI is InChI=1S/C12H6F3IN4OS/c13-12(14,15)21-6-1-2-7(16)9(3-6)22-11-19-8-4-17-5-18-10(8)20-11/h1-5H,(H,17,18,19,20). The smallest absolute Gasteiger partial charge is 0.406 e. The highest BCUT2D eigenvalue weighted by atomic mass is 127. The van der Waals surface area contributed by atoms with Gasteiger partial charge in [-0.15, -0.1) is 13.2 Å². The molecule has 10 heteroatoms. The molecule has 3 aromatic rings. The van der Waals surface area contributed by atoms with Crippen molar-refractivity contribution in [1.82, 2.24) is 19.9 Å². The van der Waals surface area contributed by atoms with Crippen molar-refractivity contribution < 1.29 is 17.9 Å². The number of alkyl halides is 3. The van der Waals surface area contributed by atoms with Crippen LogP contribution >= 0.6 is 34.4 Å². The maximum atomic E-state index is 12.3. The monoisotopic (exact) mass is 438 g/mol. The molecule has 1 aromatic carbocycles. The lowest BCUT2D eigenvalue weighted by atomic mass is 10.3. The zero-order valence-electron chi connectivity index (χ0n) is 10.6. The molecule has 0 fully saturated rings. The van der Waals surface area contributed by atoms with Crippen molar-refractivity contribution >= 4 is 45.5 Å². The Morgan fingerprint density at radius 2 is 2.09 bits per heavy atom. The zero-order chi connectivity index (χ0) is 15.7. The van der Waals surface area contributed by atoms with Crippen molar-refractivity contribution in [2.75, 3.05) is 0 Å². The first-order valence-corrected chi connectivity index (χ1v) is 7.69. The topological polar surface area (TPSA) is 63.7 Å². The van der Waals surface area contributed by atoms with E-state index >= 15 is 0 Å². The van der Waals surface area contributed by atoms with E-state index in [0.717, 1.165) is 3.57 Å². The molecule has 0 aliphatic carbocycles. The predicted octanol–water partition coefficient (Wildman–Crippen LogP) is 4.01. The van der Waals surface area contributed by atoms with Gasteiger partial charge in [-0.1, -0.05) is 11.8 Å². The number of hydrogen-bond donors (Lipinski definition) is 1. The number of rotatable bonds is 3. The molecular formula is C12H6F3IN4OS. The molecule has 0 aliphatic heterocycles. The molecule has 1 N–H and O–H groups in total. The van der Waals surface area contributed by atoms with Gasteiger partial charge in [0, 0.05) is 8.47 Å². The van der Waals surface area contributed by atoms with Gasteiger partial charge in [0.2, 0.25) is 0 Å². The molecule has 2 aromatic heterocycles. The summed E-state index contributed by atoms with van der Waals surface area (Å²) in [4.78, 5) is 15.7. The van der Waals surface area contributed by atoms with Crippen molar-refractivity contribution in [2.24, 2.45) is 0 Å². The first kappa shape index (κ1) is 15.3. The normalized spacial score (nSPS) is 11.8. The Morgan fingerprint density at radius 3 is 2.82 bits per heavy atom. The minimum absolute atomic E-state index is 0.272. The Kier molecular flexibility index (Phi) is 4.12. The molecule has 22 heavy (non-hydrogen) atoms. The van der Waals surface area contributed by atoms with Gasteiger partial charge in [-0.05, 0) is 40.8 Å². The van der Waals surface area contributed by atoms with Gasteiger partial charge in [-0.25, -0.2) is 15.0 Å². The van der Waals surface area contributed by atoms with Gasteiger partial charge in [0.1, 0.15) is 17.6 Å². The molecule has 0 spiro atoms. The van der Waals surface area contributed by atoms with Crippen LogP contribution in [0.2, 0.25) is 0 Å². The van der Waals surface area contributed by atoms with E-state index in [0.29, 0.717) is 21.2 Å². The van der Waals surface area contributed by atoms with Crippen LogP contribution in [0.25, 0.3) is 11.2 Å². The minimum Gasteiger partial charge on any atom is -0.406 e. The Morgan fingerprint density at radius 1 is 1.27 bits per heavy atom. The van der Waals surface area contributed by atoms with E-state index in [-0.39, 0.29) is 5.75 Å². The molecule has 3 rings (SSSR count). The van der Waals surface area contributed by atoms with Gasteiger partial charge in [-0.2, -0.15) is 0 Å². The number of nitrogens with zero attached hydrogens (tertiary/aromatic N) is 3. The van der Waals surface area contributed by atoms with Gasteiger partial charge in [0.25, 0.3) is 0 Å². The third-order valence-corrected chi connectivity index (χ3v) is 4.73. The summed E-state index contributed by atoms with van der Waals surface area (Å²) in [6, 6.07) is 4.13. The van der Waals surface area contributed by atoms with Gasteiger partial charge in [-0.3, -0.25) is 0 Å². The lowest BCUT2D eigenvalue weighted by Crippen LogP contribution is -2.17. The quantitative estimate of drug-likeness (QED) is 0.627. The SMILES string of the molecule is FC(F)(F)Oc1ccc(I)c(Sc2nc3ncncc3[nH]2)c1. The number of fused-ring (bicyclic) bond motifs is 1. The number of aromatic nitrogens is 4. The molecule has 0 unspecified atom stereocenters. The van der Waals surface area contributed by atoms with Crippen molar-refractivity contribution in [2.45, 2.75) is 16.4 Å². The number of H-pyrrole nitrogens is 1. The fraction of sp³-hybridized carbons (Fsp3) is 0.0833. The third-order valence-electron chi connectivity index (χ3n) is 2.48. The molecule has 2 heterocycles. The van der Waals surface area contributed by atoms with E-state index in [1.54, 1.807) is 12.3 Å². The molecule has 0 saturated carbocycles. The molecule has 0 radical (unpaired) electrons. The van der Waals surface area contributed by atoms with Crippen LogP contribution in [0.5, 0.6) is 5.75 Å². The van der Waals surface area contributed by atoms with Crippen LogP contribution in [-0.2, 0) is 0 Å². The van der Waals surface area contributed by atoms with Gasteiger partial charge in [0.15, 0.2) is 10.8 Å². The van der Waals surface area contributed by atoms with Crippen LogP contribution in [0, 0.1) is 3.57 Å². The van der Waals surface area contributed by atoms with E-state index in [1.807, 2.05) is 22.6 Å². The average Bonchev–Trinajstić information content (AvgIpc) is 2.83. The van der Waals surface area contributed by atoms with E-state index in [4.69, 9.17) is 0 Å². The summed E-state index contributed by atoms with van der Waals surface area (Å²) < 4.78 is 41.5. The molecule has 0 bridgehead atoms. The summed E-state index contributed by atoms with van der Waals surface area (Å²) >= 11 is 3.22. The fourth-order valence-corrected chi connectivity index (χ4v) is 3.16. The number of aromatic amines is 1. The van der Waals surface area contributed by atoms with Crippen molar-refractivity contribution in [3.63, 3.8) is 0 Å². The summed E-state index contributed by atoms with van der Waals surface area (Å²) in [7, 11) is 0. The van der Waals surface area contributed by atoms with Crippen molar-refractivity contribution in [1.29, 1.82) is 0 Å². The number of nitrogens with one attached hydrogen (secondary N) is 1. The summed E-state index contributed by atoms with van der Waals surface area (Å²) in [6.07, 6.45) is -1.77. The number of benzene rings is 1. The van der Waals surface area contributed by atoms with Crippen LogP contribution in [0.3, 0.4) is 0 Å². The van der Waals surface area contributed by atoms with Crippen LogP contribution in [0.15, 0.2) is 40.8 Å². The van der Waals surface area contributed by atoms with Crippen LogP contribution < -0.4 is 4.74 Å². The highest BCUT2D eigenvalue weighted by Crippen LogP contribution is 2.34. The lowest BCUT2D eigenvalue weighted by molar-refractivity contribution is -0.274. The van der Waals surface area contributed by atoms with Crippen LogP contribution in [0.4, 0.5) is 13.2 Å². The predicted molar refractivity (Wildman–Crippen MR) is 81.6 cm³/mol. The summed E-state index contributed by atoms with van der Waals surface area (Å²) in [6.45, 7) is 0. The lowest BCUT2D eigenvalue weighted by Gasteiger charge is -2.10. The molecule has 0 atom stereocenters. The molecule has 5 nitrogen and oxygen atoms in total. The second-order valence-corrected chi connectivity index (χ2v) is 6.24. The number of hydrogen-bond acceptors (Lipinski definition) is 5. The Hall–Kier alpha value is -1.56. The highest BCUT2D eigenvalue weighted by Gasteiger charge is 2.31.